The van der Waals surface area contributed by atoms with Gasteiger partial charge in [-0.2, -0.15) is 0 Å². The number of carbonyl (C=O) groups is 1. The van der Waals surface area contributed by atoms with Crippen LogP contribution in [-0.4, -0.2) is 19.1 Å². The molecule has 0 heterocycles. The van der Waals surface area contributed by atoms with Gasteiger partial charge in [0, 0.05) is 11.8 Å². The molecule has 0 fully saturated rings. The van der Waals surface area contributed by atoms with Gasteiger partial charge in [-0.1, -0.05) is 49.9 Å². The Morgan fingerprint density at radius 3 is 2.40 bits per heavy atom. The molecule has 0 aliphatic heterocycles. The van der Waals surface area contributed by atoms with Crippen molar-refractivity contribution in [3.63, 3.8) is 0 Å². The summed E-state index contributed by atoms with van der Waals surface area (Å²) in [6.07, 6.45) is 4.69. The highest BCUT2D eigenvalue weighted by Crippen LogP contribution is 2.20. The number of hydrogen-bond acceptors (Lipinski definition) is 3. The van der Waals surface area contributed by atoms with E-state index in [0.29, 0.717) is 12.4 Å². The maximum Gasteiger partial charge on any atom is 0.262 e. The zero-order valence-electron chi connectivity index (χ0n) is 15.1. The Morgan fingerprint density at radius 1 is 0.960 bits per heavy atom. The zero-order chi connectivity index (χ0) is 17.9. The van der Waals surface area contributed by atoms with E-state index >= 15 is 0 Å². The van der Waals surface area contributed by atoms with E-state index in [1.165, 1.54) is 19.3 Å². The van der Waals surface area contributed by atoms with Crippen molar-refractivity contribution in [3.8, 4) is 11.5 Å². The molecule has 0 aliphatic carbocycles. The lowest BCUT2D eigenvalue weighted by Gasteiger charge is -2.10. The first-order valence-corrected chi connectivity index (χ1v) is 8.89. The number of ether oxygens (including phenoxy) is 2. The van der Waals surface area contributed by atoms with Crippen LogP contribution in [0.3, 0.4) is 0 Å². The molecule has 2 aromatic carbocycles. The highest BCUT2D eigenvalue weighted by molar-refractivity contribution is 5.91. The molecular weight excluding hydrogens is 314 g/mol. The average molecular weight is 341 g/mol. The largest absolute Gasteiger partial charge is 0.493 e. The van der Waals surface area contributed by atoms with E-state index in [-0.39, 0.29) is 12.5 Å². The Labute approximate surface area is 150 Å². The third kappa shape index (κ3) is 7.29. The van der Waals surface area contributed by atoms with Crippen molar-refractivity contribution < 1.29 is 14.3 Å². The van der Waals surface area contributed by atoms with Gasteiger partial charge in [0.05, 0.1) is 6.61 Å². The molecule has 0 aromatic heterocycles. The van der Waals surface area contributed by atoms with Crippen molar-refractivity contribution in [3.05, 3.63) is 54.1 Å². The lowest BCUT2D eigenvalue weighted by Crippen LogP contribution is -2.20. The second kappa shape index (κ2) is 10.4. The number of anilines is 1. The van der Waals surface area contributed by atoms with Crippen molar-refractivity contribution in [1.29, 1.82) is 0 Å². The lowest BCUT2D eigenvalue weighted by molar-refractivity contribution is -0.118. The van der Waals surface area contributed by atoms with Crippen LogP contribution in [0, 0.1) is 6.92 Å². The first-order valence-electron chi connectivity index (χ1n) is 8.89. The normalized spacial score (nSPS) is 10.3. The first-order chi connectivity index (χ1) is 12.2. The van der Waals surface area contributed by atoms with Gasteiger partial charge in [-0.15, -0.1) is 0 Å². The molecule has 0 bridgehead atoms. The molecular formula is C21H27NO3. The van der Waals surface area contributed by atoms with Crippen molar-refractivity contribution in [1.82, 2.24) is 0 Å². The van der Waals surface area contributed by atoms with Crippen molar-refractivity contribution in [2.24, 2.45) is 0 Å². The van der Waals surface area contributed by atoms with Gasteiger partial charge in [-0.3, -0.25) is 4.79 Å². The van der Waals surface area contributed by atoms with E-state index < -0.39 is 0 Å². The summed E-state index contributed by atoms with van der Waals surface area (Å²) in [5.41, 5.74) is 1.92. The topological polar surface area (TPSA) is 47.6 Å². The molecule has 1 N–H and O–H groups in total. The monoisotopic (exact) mass is 341 g/mol. The van der Waals surface area contributed by atoms with Crippen LogP contribution in [0.5, 0.6) is 11.5 Å². The molecule has 0 radical (unpaired) electrons. The van der Waals surface area contributed by atoms with Gasteiger partial charge in [-0.05, 0) is 37.6 Å². The SMILES string of the molecule is CCCCCCOc1cccc(OCC(=O)Nc2ccc(C)cc2)c1. The van der Waals surface area contributed by atoms with E-state index in [1.807, 2.05) is 55.5 Å². The van der Waals surface area contributed by atoms with Crippen LogP contribution in [0.4, 0.5) is 5.69 Å². The summed E-state index contributed by atoms with van der Waals surface area (Å²) in [6.45, 7) is 4.87. The van der Waals surface area contributed by atoms with E-state index in [2.05, 4.69) is 12.2 Å². The fraction of sp³-hybridized carbons (Fsp3) is 0.381. The number of nitrogens with one attached hydrogen (secondary N) is 1. The minimum atomic E-state index is -0.185. The van der Waals surface area contributed by atoms with Crippen molar-refractivity contribution in [2.45, 2.75) is 39.5 Å². The average Bonchev–Trinajstić information content (AvgIpc) is 2.62. The third-order valence-electron chi connectivity index (χ3n) is 3.78. The minimum Gasteiger partial charge on any atom is -0.493 e. The molecule has 134 valence electrons. The Bertz CT molecular complexity index is 652. The molecule has 25 heavy (non-hydrogen) atoms. The number of carbonyl (C=O) groups excluding carboxylic acids is 1. The third-order valence-corrected chi connectivity index (χ3v) is 3.78. The number of rotatable bonds is 10. The molecule has 0 atom stereocenters. The summed E-state index contributed by atoms with van der Waals surface area (Å²) < 4.78 is 11.3. The second-order valence-electron chi connectivity index (χ2n) is 6.09. The fourth-order valence-corrected chi connectivity index (χ4v) is 2.36. The summed E-state index contributed by atoms with van der Waals surface area (Å²) in [4.78, 5) is 12.0. The van der Waals surface area contributed by atoms with Crippen molar-refractivity contribution in [2.75, 3.05) is 18.5 Å². The van der Waals surface area contributed by atoms with E-state index in [4.69, 9.17) is 9.47 Å². The van der Waals surface area contributed by atoms with Crippen LogP contribution in [0.1, 0.15) is 38.2 Å². The van der Waals surface area contributed by atoms with Gasteiger partial charge in [0.1, 0.15) is 11.5 Å². The van der Waals surface area contributed by atoms with Crippen LogP contribution in [0.25, 0.3) is 0 Å². The molecule has 2 rings (SSSR count). The summed E-state index contributed by atoms with van der Waals surface area (Å²) in [6, 6.07) is 15.1. The maximum atomic E-state index is 12.0. The molecule has 0 spiro atoms. The van der Waals surface area contributed by atoms with Gasteiger partial charge in [0.15, 0.2) is 6.61 Å². The molecule has 0 saturated heterocycles. The van der Waals surface area contributed by atoms with Crippen LogP contribution in [0.2, 0.25) is 0 Å². The highest BCUT2D eigenvalue weighted by Gasteiger charge is 2.05. The Morgan fingerprint density at radius 2 is 1.68 bits per heavy atom. The summed E-state index contributed by atoms with van der Waals surface area (Å²) in [7, 11) is 0. The molecule has 4 nitrogen and oxygen atoms in total. The van der Waals surface area contributed by atoms with E-state index in [0.717, 1.165) is 23.4 Å². The summed E-state index contributed by atoms with van der Waals surface area (Å²) in [5, 5.41) is 2.81. The minimum absolute atomic E-state index is 0.0339. The Hall–Kier alpha value is -2.49. The molecule has 0 saturated carbocycles. The Balaban J connectivity index is 1.75. The summed E-state index contributed by atoms with van der Waals surface area (Å²) in [5.74, 6) is 1.22. The van der Waals surface area contributed by atoms with Gasteiger partial charge in [0.2, 0.25) is 0 Å². The molecule has 0 unspecified atom stereocenters. The van der Waals surface area contributed by atoms with Gasteiger partial charge in [-0.25, -0.2) is 0 Å². The van der Waals surface area contributed by atoms with Crippen LogP contribution >= 0.6 is 0 Å². The van der Waals surface area contributed by atoms with Crippen LogP contribution < -0.4 is 14.8 Å². The highest BCUT2D eigenvalue weighted by atomic mass is 16.5. The van der Waals surface area contributed by atoms with Gasteiger partial charge >= 0.3 is 0 Å². The molecule has 2 aromatic rings. The van der Waals surface area contributed by atoms with Crippen LogP contribution in [-0.2, 0) is 4.79 Å². The van der Waals surface area contributed by atoms with Gasteiger partial charge in [0.25, 0.3) is 5.91 Å². The Kier molecular flexibility index (Phi) is 7.83. The molecule has 1 amide bonds. The molecule has 0 aliphatic rings. The predicted octanol–water partition coefficient (Wildman–Crippen LogP) is 4.97. The summed E-state index contributed by atoms with van der Waals surface area (Å²) >= 11 is 0. The van der Waals surface area contributed by atoms with E-state index in [1.54, 1.807) is 0 Å². The smallest absolute Gasteiger partial charge is 0.262 e. The zero-order valence-corrected chi connectivity index (χ0v) is 15.1. The maximum absolute atomic E-state index is 12.0. The number of benzene rings is 2. The number of amides is 1. The first kappa shape index (κ1) is 18.8. The number of unbranched alkanes of at least 4 members (excludes halogenated alkanes) is 3. The second-order valence-corrected chi connectivity index (χ2v) is 6.09. The standard InChI is InChI=1S/C21H27NO3/c1-3-4-5-6-14-24-19-8-7-9-20(15-19)25-16-21(23)22-18-12-10-17(2)11-13-18/h7-13,15H,3-6,14,16H2,1-2H3,(H,22,23). The molecule has 4 heteroatoms. The van der Waals surface area contributed by atoms with Crippen molar-refractivity contribution >= 4 is 11.6 Å². The lowest BCUT2D eigenvalue weighted by atomic mass is 10.2. The number of hydrogen-bond donors (Lipinski definition) is 1. The van der Waals surface area contributed by atoms with Gasteiger partial charge < -0.3 is 14.8 Å². The number of aryl methyl sites for hydroxylation is 1. The predicted molar refractivity (Wildman–Crippen MR) is 101 cm³/mol. The quantitative estimate of drug-likeness (QED) is 0.621. The van der Waals surface area contributed by atoms with Crippen LogP contribution in [0.15, 0.2) is 48.5 Å². The van der Waals surface area contributed by atoms with E-state index in [9.17, 15) is 4.79 Å². The fourth-order valence-electron chi connectivity index (χ4n) is 2.36.